The molecular weight excluding hydrogens is 227 g/mol. The highest BCUT2D eigenvalue weighted by Crippen LogP contribution is 2.30. The Kier molecular flexibility index (Phi) is 2.97. The zero-order valence-corrected chi connectivity index (χ0v) is 8.12. The molecule has 1 amide bonds. The number of rotatable bonds is 1. The average Bonchev–Trinajstić information content (AvgIpc) is 2.18. The number of carbonyl (C=O) groups is 1. The van der Waals surface area contributed by atoms with Crippen LogP contribution in [0.5, 0.6) is 11.5 Å². The molecule has 0 fully saturated rings. The molecule has 88 valence electrons. The second kappa shape index (κ2) is 3.92. The first kappa shape index (κ1) is 12.2. The van der Waals surface area contributed by atoms with Crippen LogP contribution in [-0.2, 0) is 4.79 Å². The summed E-state index contributed by atoms with van der Waals surface area (Å²) >= 11 is 0. The number of nitrogens with zero attached hydrogens (tertiary/aromatic N) is 1. The van der Waals surface area contributed by atoms with Crippen molar-refractivity contribution in [2.75, 3.05) is 11.9 Å². The second-order valence-corrected chi connectivity index (χ2v) is 3.03. The summed E-state index contributed by atoms with van der Waals surface area (Å²) in [4.78, 5) is 11.2. The number of hydrogen-bond acceptors (Lipinski definition) is 3. The van der Waals surface area contributed by atoms with E-state index >= 15 is 0 Å². The fourth-order valence-electron chi connectivity index (χ4n) is 1.03. The van der Waals surface area contributed by atoms with E-state index in [0.717, 1.165) is 25.2 Å². The van der Waals surface area contributed by atoms with Gasteiger partial charge < -0.3 is 15.1 Å². The minimum absolute atomic E-state index is 0.169. The fourth-order valence-corrected chi connectivity index (χ4v) is 1.03. The molecule has 7 heteroatoms. The minimum Gasteiger partial charge on any atom is -0.504 e. The Hall–Kier alpha value is -1.92. The van der Waals surface area contributed by atoms with E-state index in [9.17, 15) is 18.0 Å². The predicted molar refractivity (Wildman–Crippen MR) is 49.2 cm³/mol. The van der Waals surface area contributed by atoms with E-state index in [1.54, 1.807) is 0 Å². The van der Waals surface area contributed by atoms with Crippen LogP contribution in [0.25, 0.3) is 0 Å². The number of carbonyl (C=O) groups excluding carboxylic acids is 1. The molecule has 2 N–H and O–H groups in total. The molecular formula is C9H8F3NO3. The minimum atomic E-state index is -4.98. The van der Waals surface area contributed by atoms with Crippen molar-refractivity contribution in [2.45, 2.75) is 6.18 Å². The maximum Gasteiger partial charge on any atom is 0.471 e. The fraction of sp³-hybridized carbons (Fsp3) is 0.222. The Bertz CT molecular complexity index is 417. The molecule has 0 bridgehead atoms. The quantitative estimate of drug-likeness (QED) is 0.727. The molecule has 1 aromatic carbocycles. The van der Waals surface area contributed by atoms with Gasteiger partial charge in [-0.15, -0.1) is 0 Å². The maximum atomic E-state index is 12.1. The standard InChI is InChI=1S/C9H8F3NO3/c1-13(8(16)9(10,11)12)5-2-3-6(14)7(15)4-5/h2-4,14-15H,1H3. The van der Waals surface area contributed by atoms with Crippen molar-refractivity contribution in [2.24, 2.45) is 0 Å². The molecule has 0 aliphatic rings. The third-order valence-corrected chi connectivity index (χ3v) is 1.89. The summed E-state index contributed by atoms with van der Waals surface area (Å²) in [5.41, 5.74) is -0.169. The summed E-state index contributed by atoms with van der Waals surface area (Å²) in [7, 11) is 0.918. The van der Waals surface area contributed by atoms with Crippen molar-refractivity contribution in [1.29, 1.82) is 0 Å². The lowest BCUT2D eigenvalue weighted by Crippen LogP contribution is -2.38. The van der Waals surface area contributed by atoms with Crippen LogP contribution in [0, 0.1) is 0 Å². The van der Waals surface area contributed by atoms with E-state index in [1.165, 1.54) is 0 Å². The molecule has 0 saturated heterocycles. The number of hydrogen-bond donors (Lipinski definition) is 2. The van der Waals surface area contributed by atoms with Gasteiger partial charge in [0.05, 0.1) is 0 Å². The maximum absolute atomic E-state index is 12.1. The number of amides is 1. The Morgan fingerprint density at radius 1 is 1.25 bits per heavy atom. The van der Waals surface area contributed by atoms with E-state index in [0.29, 0.717) is 4.90 Å². The summed E-state index contributed by atoms with van der Waals surface area (Å²) < 4.78 is 36.2. The first-order chi connectivity index (χ1) is 7.23. The topological polar surface area (TPSA) is 60.8 Å². The van der Waals surface area contributed by atoms with Crippen LogP contribution in [0.3, 0.4) is 0 Å². The van der Waals surface area contributed by atoms with Gasteiger partial charge in [-0.3, -0.25) is 4.79 Å². The molecule has 0 heterocycles. The number of phenols is 2. The zero-order chi connectivity index (χ0) is 12.5. The Morgan fingerprint density at radius 2 is 1.81 bits per heavy atom. The van der Waals surface area contributed by atoms with Crippen molar-refractivity contribution >= 4 is 11.6 Å². The van der Waals surface area contributed by atoms with Gasteiger partial charge in [-0.1, -0.05) is 0 Å². The van der Waals surface area contributed by atoms with Gasteiger partial charge in [0.25, 0.3) is 0 Å². The lowest BCUT2D eigenvalue weighted by Gasteiger charge is -2.18. The molecule has 0 aliphatic carbocycles. The number of halogens is 3. The van der Waals surface area contributed by atoms with Crippen molar-refractivity contribution in [3.8, 4) is 11.5 Å². The molecule has 0 radical (unpaired) electrons. The van der Waals surface area contributed by atoms with Gasteiger partial charge in [0.1, 0.15) is 0 Å². The summed E-state index contributed by atoms with van der Waals surface area (Å²) in [5, 5.41) is 18.0. The lowest BCUT2D eigenvalue weighted by atomic mass is 10.2. The predicted octanol–water partition coefficient (Wildman–Crippen LogP) is 1.62. The zero-order valence-electron chi connectivity index (χ0n) is 8.12. The van der Waals surface area contributed by atoms with Crippen molar-refractivity contribution in [3.05, 3.63) is 18.2 Å². The highest BCUT2D eigenvalue weighted by atomic mass is 19.4. The van der Waals surface area contributed by atoms with Crippen LogP contribution in [0.4, 0.5) is 18.9 Å². The number of alkyl halides is 3. The molecule has 0 atom stereocenters. The van der Waals surface area contributed by atoms with Gasteiger partial charge in [0.2, 0.25) is 0 Å². The van der Waals surface area contributed by atoms with Crippen LogP contribution in [-0.4, -0.2) is 29.3 Å². The molecule has 16 heavy (non-hydrogen) atoms. The third kappa shape index (κ3) is 2.36. The Balaban J connectivity index is 3.01. The number of aromatic hydroxyl groups is 2. The van der Waals surface area contributed by atoms with Crippen LogP contribution in [0.2, 0.25) is 0 Å². The second-order valence-electron chi connectivity index (χ2n) is 3.03. The molecule has 0 aromatic heterocycles. The summed E-state index contributed by atoms with van der Waals surface area (Å²) in [6.45, 7) is 0. The first-order valence-electron chi connectivity index (χ1n) is 4.10. The van der Waals surface area contributed by atoms with Crippen LogP contribution in [0.1, 0.15) is 0 Å². The van der Waals surface area contributed by atoms with Gasteiger partial charge in [-0.2, -0.15) is 13.2 Å². The van der Waals surface area contributed by atoms with Gasteiger partial charge >= 0.3 is 12.1 Å². The highest BCUT2D eigenvalue weighted by Gasteiger charge is 2.41. The van der Waals surface area contributed by atoms with E-state index in [1.807, 2.05) is 0 Å². The molecule has 0 unspecified atom stereocenters. The summed E-state index contributed by atoms with van der Waals surface area (Å²) in [5.74, 6) is -3.13. The Labute approximate surface area is 88.5 Å². The van der Waals surface area contributed by atoms with Crippen LogP contribution < -0.4 is 4.90 Å². The van der Waals surface area contributed by atoms with Gasteiger partial charge in [0, 0.05) is 18.8 Å². The van der Waals surface area contributed by atoms with E-state index in [2.05, 4.69) is 0 Å². The van der Waals surface area contributed by atoms with Gasteiger partial charge in [-0.05, 0) is 12.1 Å². The van der Waals surface area contributed by atoms with Gasteiger partial charge in [-0.25, -0.2) is 0 Å². The van der Waals surface area contributed by atoms with Crippen LogP contribution in [0.15, 0.2) is 18.2 Å². The molecule has 1 rings (SSSR count). The number of benzene rings is 1. The van der Waals surface area contributed by atoms with E-state index < -0.39 is 23.6 Å². The molecule has 4 nitrogen and oxygen atoms in total. The van der Waals surface area contributed by atoms with Gasteiger partial charge in [0.15, 0.2) is 11.5 Å². The lowest BCUT2D eigenvalue weighted by molar-refractivity contribution is -0.170. The Morgan fingerprint density at radius 3 is 2.25 bits per heavy atom. The highest BCUT2D eigenvalue weighted by molar-refractivity contribution is 5.97. The van der Waals surface area contributed by atoms with Crippen molar-refractivity contribution in [3.63, 3.8) is 0 Å². The first-order valence-corrected chi connectivity index (χ1v) is 4.10. The van der Waals surface area contributed by atoms with E-state index in [4.69, 9.17) is 10.2 Å². The van der Waals surface area contributed by atoms with Crippen molar-refractivity contribution in [1.82, 2.24) is 0 Å². The average molecular weight is 235 g/mol. The van der Waals surface area contributed by atoms with Crippen molar-refractivity contribution < 1.29 is 28.2 Å². The smallest absolute Gasteiger partial charge is 0.471 e. The normalized spacial score (nSPS) is 11.2. The summed E-state index contributed by atoms with van der Waals surface area (Å²) in [6, 6.07) is 2.93. The van der Waals surface area contributed by atoms with Crippen LogP contribution >= 0.6 is 0 Å². The molecule has 1 aromatic rings. The molecule has 0 aliphatic heterocycles. The number of phenolic OH excluding ortho intramolecular Hbond substituents is 2. The summed E-state index contributed by atoms with van der Waals surface area (Å²) in [6.07, 6.45) is -4.98. The third-order valence-electron chi connectivity index (χ3n) is 1.89. The molecule has 0 spiro atoms. The SMILES string of the molecule is CN(C(=O)C(F)(F)F)c1ccc(O)c(O)c1. The number of anilines is 1. The largest absolute Gasteiger partial charge is 0.504 e. The monoisotopic (exact) mass is 235 g/mol. The molecule has 0 saturated carbocycles. The van der Waals surface area contributed by atoms with E-state index in [-0.39, 0.29) is 5.69 Å².